The Kier molecular flexibility index (Phi) is 4.80. The first-order valence-corrected chi connectivity index (χ1v) is 10.5. The molecule has 5 nitrogen and oxygen atoms in total. The number of thiophene rings is 1. The molecule has 2 aliphatic carbocycles. The summed E-state index contributed by atoms with van der Waals surface area (Å²) in [6.07, 6.45) is 5.12. The highest BCUT2D eigenvalue weighted by atomic mass is 32.2. The number of nitrogens with one attached hydrogen (secondary N) is 1. The van der Waals surface area contributed by atoms with Gasteiger partial charge in [-0.1, -0.05) is 12.5 Å². The smallest absolute Gasteiger partial charge is 0.252 e. The van der Waals surface area contributed by atoms with Gasteiger partial charge in [-0.05, 0) is 55.4 Å². The van der Waals surface area contributed by atoms with Crippen LogP contribution in [0.15, 0.2) is 21.7 Å². The van der Waals surface area contributed by atoms with Gasteiger partial charge in [-0.2, -0.15) is 4.31 Å². The van der Waals surface area contributed by atoms with E-state index >= 15 is 0 Å². The van der Waals surface area contributed by atoms with E-state index in [1.165, 1.54) is 44.1 Å². The Morgan fingerprint density at radius 1 is 1.43 bits per heavy atom. The van der Waals surface area contributed by atoms with Gasteiger partial charge in [-0.15, -0.1) is 11.3 Å². The van der Waals surface area contributed by atoms with Crippen LogP contribution in [0.4, 0.5) is 0 Å². The number of nitrogens with zero attached hydrogens (tertiary/aromatic N) is 1. The van der Waals surface area contributed by atoms with E-state index in [0.29, 0.717) is 5.92 Å². The first kappa shape index (κ1) is 16.9. The number of hydrogen-bond donors (Lipinski definition) is 1. The van der Waals surface area contributed by atoms with Crippen LogP contribution in [0.3, 0.4) is 0 Å². The largest absolute Gasteiger partial charge is 0.352 e. The molecule has 7 heteroatoms. The van der Waals surface area contributed by atoms with Crippen molar-refractivity contribution in [1.29, 1.82) is 0 Å². The number of sulfonamides is 1. The lowest BCUT2D eigenvalue weighted by molar-refractivity contribution is -0.122. The zero-order chi connectivity index (χ0) is 16.6. The Hall–Kier alpha value is -0.920. The summed E-state index contributed by atoms with van der Waals surface area (Å²) < 4.78 is 26.1. The molecule has 1 N–H and O–H groups in total. The Morgan fingerprint density at radius 3 is 2.78 bits per heavy atom. The number of rotatable bonds is 6. The highest BCUT2D eigenvalue weighted by Gasteiger charge is 2.42. The second-order valence-corrected chi connectivity index (χ2v) is 10.1. The van der Waals surface area contributed by atoms with Gasteiger partial charge in [0.05, 0.1) is 6.54 Å². The molecule has 23 heavy (non-hydrogen) atoms. The van der Waals surface area contributed by atoms with Gasteiger partial charge >= 0.3 is 0 Å². The number of hydrogen-bond acceptors (Lipinski definition) is 4. The maximum Gasteiger partial charge on any atom is 0.252 e. The van der Waals surface area contributed by atoms with Crippen LogP contribution in [0.2, 0.25) is 0 Å². The van der Waals surface area contributed by atoms with Crippen molar-refractivity contribution >= 4 is 27.3 Å². The lowest BCUT2D eigenvalue weighted by Gasteiger charge is -2.29. The molecular formula is C16H24N2O3S2. The van der Waals surface area contributed by atoms with Crippen molar-refractivity contribution in [2.24, 2.45) is 17.8 Å². The molecule has 0 unspecified atom stereocenters. The molecule has 2 saturated carbocycles. The van der Waals surface area contributed by atoms with Gasteiger partial charge in [-0.3, -0.25) is 4.79 Å². The predicted molar refractivity (Wildman–Crippen MR) is 90.7 cm³/mol. The topological polar surface area (TPSA) is 66.5 Å². The zero-order valence-corrected chi connectivity index (χ0v) is 15.2. The fourth-order valence-electron chi connectivity index (χ4n) is 4.16. The molecule has 2 aliphatic rings. The minimum absolute atomic E-state index is 0.121. The SMILES string of the molecule is C[C@@H](NC(=O)CN(C)S(=O)(=O)c1cccs1)[C@@H]1C[C@H]2CC[C@H]1C2. The van der Waals surface area contributed by atoms with Crippen LogP contribution in [-0.2, 0) is 14.8 Å². The van der Waals surface area contributed by atoms with Crippen LogP contribution in [0.5, 0.6) is 0 Å². The quantitative estimate of drug-likeness (QED) is 0.850. The Labute approximate surface area is 142 Å². The summed E-state index contributed by atoms with van der Waals surface area (Å²) in [5.74, 6) is 1.91. The normalized spacial score (nSPS) is 28.2. The first-order chi connectivity index (χ1) is 10.9. The third-order valence-electron chi connectivity index (χ3n) is 5.35. The second-order valence-electron chi connectivity index (χ2n) is 6.89. The summed E-state index contributed by atoms with van der Waals surface area (Å²) in [6.45, 7) is 1.92. The molecule has 0 aliphatic heterocycles. The van der Waals surface area contributed by atoms with Crippen LogP contribution >= 0.6 is 11.3 Å². The van der Waals surface area contributed by atoms with E-state index in [-0.39, 0.29) is 22.7 Å². The van der Waals surface area contributed by atoms with Crippen molar-refractivity contribution < 1.29 is 13.2 Å². The van der Waals surface area contributed by atoms with Crippen molar-refractivity contribution in [2.45, 2.75) is 42.9 Å². The summed E-state index contributed by atoms with van der Waals surface area (Å²) in [7, 11) is -2.11. The Balaban J connectivity index is 1.55. The van der Waals surface area contributed by atoms with E-state index in [0.717, 1.165) is 16.1 Å². The van der Waals surface area contributed by atoms with Crippen molar-refractivity contribution in [3.8, 4) is 0 Å². The molecule has 4 atom stereocenters. The molecule has 3 rings (SSSR count). The number of carbonyl (C=O) groups is 1. The van der Waals surface area contributed by atoms with Crippen LogP contribution in [0, 0.1) is 17.8 Å². The summed E-state index contributed by atoms with van der Waals surface area (Å²) in [4.78, 5) is 12.2. The van der Waals surface area contributed by atoms with Crippen LogP contribution < -0.4 is 5.32 Å². The average molecular weight is 357 g/mol. The zero-order valence-electron chi connectivity index (χ0n) is 13.6. The van der Waals surface area contributed by atoms with E-state index in [2.05, 4.69) is 12.2 Å². The lowest BCUT2D eigenvalue weighted by Crippen LogP contribution is -2.45. The minimum atomic E-state index is -3.56. The summed E-state index contributed by atoms with van der Waals surface area (Å²) >= 11 is 1.17. The molecular weight excluding hydrogens is 332 g/mol. The van der Waals surface area contributed by atoms with Crippen LogP contribution in [0.25, 0.3) is 0 Å². The maximum absolute atomic E-state index is 12.3. The number of carbonyl (C=O) groups excluding carboxylic acids is 1. The van der Waals surface area contributed by atoms with Gasteiger partial charge in [0.2, 0.25) is 5.91 Å². The van der Waals surface area contributed by atoms with Gasteiger partial charge in [0.15, 0.2) is 0 Å². The molecule has 128 valence electrons. The van der Waals surface area contributed by atoms with Crippen molar-refractivity contribution in [1.82, 2.24) is 9.62 Å². The van der Waals surface area contributed by atoms with E-state index in [4.69, 9.17) is 0 Å². The Morgan fingerprint density at radius 2 is 2.22 bits per heavy atom. The molecule has 0 radical (unpaired) electrons. The van der Waals surface area contributed by atoms with E-state index in [9.17, 15) is 13.2 Å². The monoisotopic (exact) mass is 356 g/mol. The van der Waals surface area contributed by atoms with Gasteiger partial charge in [0.1, 0.15) is 4.21 Å². The van der Waals surface area contributed by atoms with Crippen molar-refractivity contribution in [3.63, 3.8) is 0 Å². The van der Waals surface area contributed by atoms with E-state index in [1.807, 2.05) is 0 Å². The van der Waals surface area contributed by atoms with Crippen LogP contribution in [0.1, 0.15) is 32.6 Å². The standard InChI is InChI=1S/C16H24N2O3S2/c1-11(14-9-12-5-6-13(14)8-12)17-15(19)10-18(2)23(20,21)16-4-3-7-22-16/h3-4,7,11-14H,5-6,8-10H2,1-2H3,(H,17,19)/t11-,12+,13+,14+/m1/s1. The molecule has 2 bridgehead atoms. The van der Waals surface area contributed by atoms with Crippen LogP contribution in [-0.4, -0.2) is 38.3 Å². The summed E-state index contributed by atoms with van der Waals surface area (Å²) in [6, 6.07) is 3.38. The highest BCUT2D eigenvalue weighted by molar-refractivity contribution is 7.91. The lowest BCUT2D eigenvalue weighted by atomic mass is 9.84. The summed E-state index contributed by atoms with van der Waals surface area (Å²) in [5.41, 5.74) is 0. The Bertz CT molecular complexity index is 657. The van der Waals surface area contributed by atoms with Gasteiger partial charge in [-0.25, -0.2) is 8.42 Å². The van der Waals surface area contributed by atoms with Gasteiger partial charge in [0, 0.05) is 13.1 Å². The minimum Gasteiger partial charge on any atom is -0.352 e. The molecule has 1 heterocycles. The fourth-order valence-corrected chi connectivity index (χ4v) is 6.49. The predicted octanol–water partition coefficient (Wildman–Crippen LogP) is 2.31. The third-order valence-corrected chi connectivity index (χ3v) is 8.53. The summed E-state index contributed by atoms with van der Waals surface area (Å²) in [5, 5.41) is 4.73. The maximum atomic E-state index is 12.3. The molecule has 1 aromatic heterocycles. The molecule has 1 amide bonds. The van der Waals surface area contributed by atoms with Gasteiger partial charge < -0.3 is 5.32 Å². The third kappa shape index (κ3) is 3.46. The molecule has 0 aromatic carbocycles. The number of fused-ring (bicyclic) bond motifs is 2. The van der Waals surface area contributed by atoms with E-state index in [1.54, 1.807) is 17.5 Å². The van der Waals surface area contributed by atoms with Crippen molar-refractivity contribution in [2.75, 3.05) is 13.6 Å². The van der Waals surface area contributed by atoms with Gasteiger partial charge in [0.25, 0.3) is 10.0 Å². The average Bonchev–Trinajstić information content (AvgIpc) is 3.23. The molecule has 0 saturated heterocycles. The first-order valence-electron chi connectivity index (χ1n) is 8.17. The van der Waals surface area contributed by atoms with Crippen molar-refractivity contribution in [3.05, 3.63) is 17.5 Å². The van der Waals surface area contributed by atoms with E-state index < -0.39 is 10.0 Å². The second kappa shape index (κ2) is 6.53. The molecule has 0 spiro atoms. The molecule has 1 aromatic rings. The molecule has 2 fully saturated rings. The number of likely N-dealkylation sites (N-methyl/N-ethyl adjacent to an activating group) is 1. The fraction of sp³-hybridized carbons (Fsp3) is 0.688. The number of amides is 1. The highest BCUT2D eigenvalue weighted by Crippen LogP contribution is 2.49.